The maximum absolute atomic E-state index is 11.3. The van der Waals surface area contributed by atoms with Gasteiger partial charge < -0.3 is 0 Å². The van der Waals surface area contributed by atoms with Gasteiger partial charge in [0.05, 0.1) is 5.16 Å². The van der Waals surface area contributed by atoms with Crippen LogP contribution >= 0.6 is 8.46 Å². The first kappa shape index (κ1) is 22.1. The summed E-state index contributed by atoms with van der Waals surface area (Å²) in [5, 5.41) is 0.0811. The van der Waals surface area contributed by atoms with Gasteiger partial charge in [-0.2, -0.15) is 0 Å². The fourth-order valence-corrected chi connectivity index (χ4v) is 3.76. The lowest BCUT2D eigenvalue weighted by Gasteiger charge is -2.23. The summed E-state index contributed by atoms with van der Waals surface area (Å²) in [4.78, 5) is 0. The molecule has 0 aliphatic rings. The average molecular weight is 329 g/mol. The fourth-order valence-electron chi connectivity index (χ4n) is 3.25. The molecule has 0 aromatic heterocycles. The van der Waals surface area contributed by atoms with Gasteiger partial charge in [0.25, 0.3) is 0 Å². The van der Waals surface area contributed by atoms with Gasteiger partial charge in [-0.15, -0.1) is 0 Å². The molecule has 132 valence electrons. The van der Waals surface area contributed by atoms with Crippen LogP contribution in [0, 0.1) is 0 Å². The molecule has 0 unspecified atom stereocenters. The fraction of sp³-hybridized carbons (Fsp3) is 1.00. The highest BCUT2D eigenvalue weighted by atomic mass is 31.1. The predicted molar refractivity (Wildman–Crippen MR) is 101 cm³/mol. The van der Waals surface area contributed by atoms with Gasteiger partial charge in [0.15, 0.2) is 8.46 Å². The predicted octanol–water partition coefficient (Wildman–Crippen LogP) is 8.32. The molecule has 0 aromatic carbocycles. The van der Waals surface area contributed by atoms with Crippen molar-refractivity contribution in [2.24, 2.45) is 0 Å². The Hall–Kier alpha value is 0.100. The van der Waals surface area contributed by atoms with Crippen molar-refractivity contribution in [2.45, 2.75) is 129 Å². The number of hydrogen-bond acceptors (Lipinski definition) is 1. The second kappa shape index (κ2) is 16.0. The molecule has 0 atom stereocenters. The molecule has 0 saturated carbocycles. The largest absolute Gasteiger partial charge is 0.274 e. The highest BCUT2D eigenvalue weighted by Crippen LogP contribution is 2.36. The van der Waals surface area contributed by atoms with Crippen LogP contribution in [-0.2, 0) is 4.57 Å². The van der Waals surface area contributed by atoms with E-state index in [1.165, 1.54) is 83.5 Å². The standard InChI is InChI=1S/C20H41OP/c1-4-7-8-9-10-11-12-13-14-15-16-17-18-19-20(5-2,6-3)22-21/h4-19H2,1-3H3. The minimum absolute atomic E-state index is 0.0811. The van der Waals surface area contributed by atoms with E-state index in [1.54, 1.807) is 0 Å². The van der Waals surface area contributed by atoms with E-state index >= 15 is 0 Å². The lowest BCUT2D eigenvalue weighted by molar-refractivity contribution is 0.446. The van der Waals surface area contributed by atoms with Crippen LogP contribution in [0.4, 0.5) is 0 Å². The first-order valence-electron chi connectivity index (χ1n) is 10.1. The van der Waals surface area contributed by atoms with Crippen LogP contribution in [0.2, 0.25) is 0 Å². The van der Waals surface area contributed by atoms with Crippen LogP contribution in [0.3, 0.4) is 0 Å². The molecule has 2 heteroatoms. The molecule has 1 nitrogen and oxygen atoms in total. The molecule has 0 amide bonds. The monoisotopic (exact) mass is 328 g/mol. The van der Waals surface area contributed by atoms with Crippen molar-refractivity contribution in [1.82, 2.24) is 0 Å². The third-order valence-electron chi connectivity index (χ3n) is 5.26. The van der Waals surface area contributed by atoms with E-state index in [0.29, 0.717) is 8.46 Å². The van der Waals surface area contributed by atoms with Gasteiger partial charge >= 0.3 is 0 Å². The summed E-state index contributed by atoms with van der Waals surface area (Å²) in [5.74, 6) is 0. The zero-order valence-electron chi connectivity index (χ0n) is 15.7. The highest BCUT2D eigenvalue weighted by Gasteiger charge is 2.25. The Morgan fingerprint density at radius 3 is 1.27 bits per heavy atom. The molecule has 0 radical (unpaired) electrons. The Balaban J connectivity index is 3.28. The Kier molecular flexibility index (Phi) is 16.0. The van der Waals surface area contributed by atoms with Crippen molar-refractivity contribution >= 4 is 8.46 Å². The third-order valence-corrected chi connectivity index (χ3v) is 6.50. The zero-order chi connectivity index (χ0) is 16.5. The topological polar surface area (TPSA) is 17.1 Å². The maximum atomic E-state index is 11.3. The average Bonchev–Trinajstić information content (AvgIpc) is 2.56. The molecule has 0 aliphatic carbocycles. The molecule has 0 rings (SSSR count). The summed E-state index contributed by atoms with van der Waals surface area (Å²) in [6, 6.07) is 0. The molecule has 0 bridgehead atoms. The van der Waals surface area contributed by atoms with E-state index in [9.17, 15) is 4.57 Å². The van der Waals surface area contributed by atoms with E-state index in [2.05, 4.69) is 20.8 Å². The van der Waals surface area contributed by atoms with Crippen LogP contribution in [0.15, 0.2) is 0 Å². The van der Waals surface area contributed by atoms with Gasteiger partial charge in [-0.3, -0.25) is 4.57 Å². The number of unbranched alkanes of at least 4 members (excludes halogenated alkanes) is 12. The zero-order valence-corrected chi connectivity index (χ0v) is 16.6. The van der Waals surface area contributed by atoms with Gasteiger partial charge in [0, 0.05) is 0 Å². The second-order valence-corrected chi connectivity index (χ2v) is 8.15. The molecule has 0 heterocycles. The van der Waals surface area contributed by atoms with Gasteiger partial charge in [0.2, 0.25) is 0 Å². The molecule has 0 aromatic rings. The van der Waals surface area contributed by atoms with Gasteiger partial charge in [-0.1, -0.05) is 104 Å². The second-order valence-electron chi connectivity index (χ2n) is 7.02. The first-order valence-corrected chi connectivity index (χ1v) is 10.9. The highest BCUT2D eigenvalue weighted by molar-refractivity contribution is 7.26. The minimum atomic E-state index is 0.0811. The summed E-state index contributed by atoms with van der Waals surface area (Å²) in [6.45, 7) is 6.64. The third kappa shape index (κ3) is 11.6. The van der Waals surface area contributed by atoms with E-state index < -0.39 is 0 Å². The van der Waals surface area contributed by atoms with Crippen LogP contribution in [0.1, 0.15) is 124 Å². The summed E-state index contributed by atoms with van der Waals surface area (Å²) in [7, 11) is 0.366. The van der Waals surface area contributed by atoms with Crippen LogP contribution in [0.25, 0.3) is 0 Å². The molecular weight excluding hydrogens is 287 g/mol. The normalized spacial score (nSPS) is 12.1. The smallest absolute Gasteiger partial charge is 0.162 e. The summed E-state index contributed by atoms with van der Waals surface area (Å²) in [6.07, 6.45) is 21.4. The molecule has 0 saturated heterocycles. The van der Waals surface area contributed by atoms with Gasteiger partial charge in [-0.25, -0.2) is 0 Å². The van der Waals surface area contributed by atoms with Crippen molar-refractivity contribution in [1.29, 1.82) is 0 Å². The lowest BCUT2D eigenvalue weighted by Crippen LogP contribution is -2.18. The Labute approximate surface area is 142 Å². The lowest BCUT2D eigenvalue weighted by atomic mass is 9.94. The van der Waals surface area contributed by atoms with E-state index in [1.807, 2.05) is 0 Å². The number of rotatable bonds is 17. The summed E-state index contributed by atoms with van der Waals surface area (Å²) >= 11 is 0. The molecule has 0 aliphatic heterocycles. The number of hydrogen-bond donors (Lipinski definition) is 0. The Morgan fingerprint density at radius 1 is 0.591 bits per heavy atom. The maximum Gasteiger partial charge on any atom is 0.162 e. The van der Waals surface area contributed by atoms with Crippen LogP contribution in [0.5, 0.6) is 0 Å². The first-order chi connectivity index (χ1) is 10.7. The van der Waals surface area contributed by atoms with Crippen LogP contribution in [-0.4, -0.2) is 5.16 Å². The molecule has 0 N–H and O–H groups in total. The summed E-state index contributed by atoms with van der Waals surface area (Å²) in [5.41, 5.74) is 0. The van der Waals surface area contributed by atoms with Crippen molar-refractivity contribution in [2.75, 3.05) is 0 Å². The minimum Gasteiger partial charge on any atom is -0.274 e. The van der Waals surface area contributed by atoms with Crippen molar-refractivity contribution in [3.8, 4) is 0 Å². The molecular formula is C20H41OP. The van der Waals surface area contributed by atoms with Crippen molar-refractivity contribution in [3.63, 3.8) is 0 Å². The Bertz CT molecular complexity index is 236. The quantitative estimate of drug-likeness (QED) is 0.194. The van der Waals surface area contributed by atoms with E-state index in [0.717, 1.165) is 19.3 Å². The SMILES string of the molecule is CCCCCCCCCCCCCCCC(CC)(CC)P=O. The summed E-state index contributed by atoms with van der Waals surface area (Å²) < 4.78 is 11.3. The molecule has 22 heavy (non-hydrogen) atoms. The van der Waals surface area contributed by atoms with Gasteiger partial charge in [0.1, 0.15) is 0 Å². The Morgan fingerprint density at radius 2 is 0.955 bits per heavy atom. The molecule has 0 fully saturated rings. The van der Waals surface area contributed by atoms with Gasteiger partial charge in [-0.05, 0) is 19.3 Å². The van der Waals surface area contributed by atoms with E-state index in [-0.39, 0.29) is 5.16 Å². The van der Waals surface area contributed by atoms with Crippen LogP contribution < -0.4 is 0 Å². The molecule has 0 spiro atoms. The van der Waals surface area contributed by atoms with Crippen molar-refractivity contribution in [3.05, 3.63) is 0 Å². The van der Waals surface area contributed by atoms with Crippen molar-refractivity contribution < 1.29 is 4.57 Å². The van der Waals surface area contributed by atoms with E-state index in [4.69, 9.17) is 0 Å².